The minimum absolute atomic E-state index is 0.0541. The number of cyclic esters (lactones) is 1. The lowest BCUT2D eigenvalue weighted by molar-refractivity contribution is 0.0976. The Kier molecular flexibility index (Phi) is 4.87. The van der Waals surface area contributed by atoms with Crippen molar-refractivity contribution in [3.8, 4) is 0 Å². The van der Waals surface area contributed by atoms with Crippen molar-refractivity contribution < 1.29 is 14.6 Å². The Morgan fingerprint density at radius 1 is 1.39 bits per heavy atom. The Morgan fingerprint density at radius 3 is 2.78 bits per heavy atom. The van der Waals surface area contributed by atoms with Crippen molar-refractivity contribution in [2.75, 3.05) is 6.61 Å². The Hall–Kier alpha value is -0.770. The van der Waals surface area contributed by atoms with Gasteiger partial charge in [0, 0.05) is 6.61 Å². The molecule has 1 aliphatic carbocycles. The van der Waals surface area contributed by atoms with Crippen molar-refractivity contribution in [2.45, 2.75) is 64.0 Å². The quantitative estimate of drug-likeness (QED) is 0.793. The molecule has 18 heavy (non-hydrogen) atoms. The van der Waals surface area contributed by atoms with Gasteiger partial charge < -0.3 is 15.2 Å². The third-order valence-corrected chi connectivity index (χ3v) is 4.27. The van der Waals surface area contributed by atoms with Crippen LogP contribution in [0.15, 0.2) is 0 Å². The van der Waals surface area contributed by atoms with Crippen LogP contribution in [0.4, 0.5) is 4.79 Å². The summed E-state index contributed by atoms with van der Waals surface area (Å²) in [4.78, 5) is 11.4. The molecular formula is C14H25NO3. The van der Waals surface area contributed by atoms with E-state index in [1.807, 2.05) is 6.92 Å². The first-order valence-electron chi connectivity index (χ1n) is 7.27. The van der Waals surface area contributed by atoms with Crippen molar-refractivity contribution in [2.24, 2.45) is 11.8 Å². The summed E-state index contributed by atoms with van der Waals surface area (Å²) in [6.45, 7) is 2.15. The molecule has 1 saturated heterocycles. The van der Waals surface area contributed by atoms with Crippen molar-refractivity contribution >= 4 is 6.09 Å². The highest BCUT2D eigenvalue weighted by atomic mass is 16.6. The van der Waals surface area contributed by atoms with Gasteiger partial charge in [0.25, 0.3) is 0 Å². The van der Waals surface area contributed by atoms with E-state index >= 15 is 0 Å². The highest BCUT2D eigenvalue weighted by molar-refractivity contribution is 5.70. The average molecular weight is 255 g/mol. The second-order valence-electron chi connectivity index (χ2n) is 5.96. The summed E-state index contributed by atoms with van der Waals surface area (Å²) < 4.78 is 5.33. The molecule has 2 rings (SSSR count). The summed E-state index contributed by atoms with van der Waals surface area (Å²) in [5.41, 5.74) is 0. The zero-order valence-corrected chi connectivity index (χ0v) is 11.2. The van der Waals surface area contributed by atoms with Crippen LogP contribution in [-0.2, 0) is 4.74 Å². The molecule has 0 spiro atoms. The first-order chi connectivity index (χ1) is 8.69. The summed E-state index contributed by atoms with van der Waals surface area (Å²) in [7, 11) is 0. The maximum absolute atomic E-state index is 11.4. The van der Waals surface area contributed by atoms with Gasteiger partial charge in [-0.2, -0.15) is 0 Å². The lowest BCUT2D eigenvalue weighted by Crippen LogP contribution is -2.35. The second kappa shape index (κ2) is 6.41. The van der Waals surface area contributed by atoms with E-state index in [-0.39, 0.29) is 30.8 Å². The Labute approximate surface area is 109 Å². The molecule has 0 radical (unpaired) electrons. The molecule has 0 aromatic carbocycles. The summed E-state index contributed by atoms with van der Waals surface area (Å²) in [6.07, 6.45) is 8.03. The Bertz CT molecular complexity index is 276. The number of aliphatic hydroxyl groups excluding tert-OH is 1. The molecule has 1 saturated carbocycles. The van der Waals surface area contributed by atoms with Gasteiger partial charge in [-0.15, -0.1) is 0 Å². The molecule has 1 aliphatic heterocycles. The number of ether oxygens (including phenoxy) is 1. The zero-order valence-electron chi connectivity index (χ0n) is 11.2. The maximum atomic E-state index is 11.4. The highest BCUT2D eigenvalue weighted by Crippen LogP contribution is 2.30. The van der Waals surface area contributed by atoms with E-state index in [0.717, 1.165) is 18.8 Å². The van der Waals surface area contributed by atoms with E-state index in [4.69, 9.17) is 9.84 Å². The van der Waals surface area contributed by atoms with Gasteiger partial charge in [-0.25, -0.2) is 4.79 Å². The summed E-state index contributed by atoms with van der Waals surface area (Å²) in [6, 6.07) is 0.148. The fourth-order valence-electron chi connectivity index (χ4n) is 3.17. The number of aliphatic hydroxyl groups is 1. The maximum Gasteiger partial charge on any atom is 0.407 e. The minimum Gasteiger partial charge on any atom is -0.444 e. The fraction of sp³-hybridized carbons (Fsp3) is 0.929. The zero-order chi connectivity index (χ0) is 13.0. The van der Waals surface area contributed by atoms with Crippen LogP contribution in [0.5, 0.6) is 0 Å². The smallest absolute Gasteiger partial charge is 0.407 e. The van der Waals surface area contributed by atoms with Crippen molar-refractivity contribution in [1.29, 1.82) is 0 Å². The Balaban J connectivity index is 1.85. The lowest BCUT2D eigenvalue weighted by atomic mass is 9.83. The predicted octanol–water partition coefficient (Wildman–Crippen LogP) is 2.45. The number of hydrogen-bond donors (Lipinski definition) is 2. The van der Waals surface area contributed by atoms with Crippen molar-refractivity contribution in [3.05, 3.63) is 0 Å². The molecule has 3 atom stereocenters. The summed E-state index contributed by atoms with van der Waals surface area (Å²) in [5.74, 6) is 0.925. The van der Waals surface area contributed by atoms with Crippen LogP contribution in [0.3, 0.4) is 0 Å². The molecule has 2 fully saturated rings. The van der Waals surface area contributed by atoms with Gasteiger partial charge in [0.2, 0.25) is 0 Å². The predicted molar refractivity (Wildman–Crippen MR) is 69.3 cm³/mol. The van der Waals surface area contributed by atoms with Crippen LogP contribution >= 0.6 is 0 Å². The fourth-order valence-corrected chi connectivity index (χ4v) is 3.17. The Morgan fingerprint density at radius 2 is 2.11 bits per heavy atom. The highest BCUT2D eigenvalue weighted by Gasteiger charge is 2.36. The molecule has 2 aliphatic rings. The third kappa shape index (κ3) is 3.61. The number of carbonyl (C=O) groups is 1. The van der Waals surface area contributed by atoms with Crippen LogP contribution in [0.1, 0.15) is 51.9 Å². The SMILES string of the molecule is C[C@@H](CO)C[C@@H]1OC(=O)N[C@H]1CC1CCCCC1. The van der Waals surface area contributed by atoms with Gasteiger partial charge in [-0.3, -0.25) is 0 Å². The molecule has 0 aromatic heterocycles. The summed E-state index contributed by atoms with van der Waals surface area (Å²) in [5, 5.41) is 12.0. The van der Waals surface area contributed by atoms with Crippen molar-refractivity contribution in [3.63, 3.8) is 0 Å². The van der Waals surface area contributed by atoms with Gasteiger partial charge in [0.1, 0.15) is 6.10 Å². The normalized spacial score (nSPS) is 30.9. The first kappa shape index (κ1) is 13.7. The number of nitrogens with one attached hydrogen (secondary N) is 1. The molecule has 4 nitrogen and oxygen atoms in total. The van der Waals surface area contributed by atoms with Gasteiger partial charge in [0.05, 0.1) is 6.04 Å². The molecule has 1 amide bonds. The molecule has 4 heteroatoms. The van der Waals surface area contributed by atoms with Gasteiger partial charge in [-0.05, 0) is 24.7 Å². The molecule has 0 aromatic rings. The van der Waals surface area contributed by atoms with E-state index in [1.54, 1.807) is 0 Å². The number of hydrogen-bond acceptors (Lipinski definition) is 3. The minimum atomic E-state index is -0.286. The van der Waals surface area contributed by atoms with Crippen LogP contribution in [0, 0.1) is 11.8 Å². The third-order valence-electron chi connectivity index (χ3n) is 4.27. The lowest BCUT2D eigenvalue weighted by Gasteiger charge is -2.26. The van der Waals surface area contributed by atoms with E-state index < -0.39 is 0 Å². The van der Waals surface area contributed by atoms with Crippen LogP contribution in [0.25, 0.3) is 0 Å². The number of rotatable bonds is 5. The standard InChI is InChI=1S/C14H25NO3/c1-10(9-16)7-13-12(15-14(17)18-13)8-11-5-3-2-4-6-11/h10-13,16H,2-9H2,1H3,(H,15,17)/t10-,12+,13+/m1/s1. The van der Waals surface area contributed by atoms with Gasteiger partial charge >= 0.3 is 6.09 Å². The van der Waals surface area contributed by atoms with E-state index in [2.05, 4.69) is 5.32 Å². The number of carbonyl (C=O) groups excluding carboxylic acids is 1. The molecular weight excluding hydrogens is 230 g/mol. The average Bonchev–Trinajstić information content (AvgIpc) is 2.70. The van der Waals surface area contributed by atoms with Crippen molar-refractivity contribution in [1.82, 2.24) is 5.32 Å². The molecule has 104 valence electrons. The second-order valence-corrected chi connectivity index (χ2v) is 5.96. The van der Waals surface area contributed by atoms with Crippen LogP contribution < -0.4 is 5.32 Å². The van der Waals surface area contributed by atoms with Crippen LogP contribution in [0.2, 0.25) is 0 Å². The van der Waals surface area contributed by atoms with E-state index in [1.165, 1.54) is 32.1 Å². The van der Waals surface area contributed by atoms with Gasteiger partial charge in [-0.1, -0.05) is 39.0 Å². The first-order valence-corrected chi connectivity index (χ1v) is 7.27. The van der Waals surface area contributed by atoms with Gasteiger partial charge in [0.15, 0.2) is 0 Å². The molecule has 0 bridgehead atoms. The summed E-state index contributed by atoms with van der Waals surface area (Å²) >= 11 is 0. The number of amides is 1. The molecule has 0 unspecified atom stereocenters. The number of alkyl carbamates (subject to hydrolysis) is 1. The monoisotopic (exact) mass is 255 g/mol. The molecule has 1 heterocycles. The van der Waals surface area contributed by atoms with Crippen LogP contribution in [-0.4, -0.2) is 30.0 Å². The largest absolute Gasteiger partial charge is 0.444 e. The van der Waals surface area contributed by atoms with E-state index in [0.29, 0.717) is 0 Å². The van der Waals surface area contributed by atoms with E-state index in [9.17, 15) is 4.79 Å². The molecule has 2 N–H and O–H groups in total. The topological polar surface area (TPSA) is 58.6 Å².